The van der Waals surface area contributed by atoms with E-state index in [-0.39, 0.29) is 22.6 Å². The van der Waals surface area contributed by atoms with Gasteiger partial charge in [-0.3, -0.25) is 14.9 Å². The summed E-state index contributed by atoms with van der Waals surface area (Å²) in [4.78, 5) is 35.1. The van der Waals surface area contributed by atoms with Gasteiger partial charge in [0, 0.05) is 9.64 Å². The molecule has 3 rings (SSSR count). The maximum Gasteiger partial charge on any atom is 0.350 e. The Morgan fingerprint density at radius 1 is 1.03 bits per heavy atom. The molecule has 3 aromatic carbocycles. The number of nitrogens with one attached hydrogen (secondary N) is 1. The number of ether oxygens (including phenoxy) is 1. The van der Waals surface area contributed by atoms with E-state index in [4.69, 9.17) is 4.74 Å². The number of hydrogen-bond acceptors (Lipinski definition) is 6. The predicted octanol–water partition coefficient (Wildman–Crippen LogP) is 4.96. The number of rotatable bonds is 6. The largest absolute Gasteiger partial charge is 0.423 e. The lowest BCUT2D eigenvalue weighted by Crippen LogP contribution is -2.14. The molecule has 0 radical (unpaired) electrons. The highest BCUT2D eigenvalue weighted by Gasteiger charge is 2.21. The summed E-state index contributed by atoms with van der Waals surface area (Å²) in [6.07, 6.45) is 1.40. The Morgan fingerprint density at radius 3 is 2.34 bits per heavy atom. The van der Waals surface area contributed by atoms with Crippen molar-refractivity contribution in [2.45, 2.75) is 0 Å². The number of hydrogen-bond donors (Lipinski definition) is 1. The molecule has 0 bridgehead atoms. The number of nitro benzene ring substituents is 1. The molecule has 0 aliphatic rings. The predicted molar refractivity (Wildman–Crippen MR) is 126 cm³/mol. The van der Waals surface area contributed by atoms with Crippen molar-refractivity contribution in [1.29, 1.82) is 5.26 Å². The fraction of sp³-hybridized carbons (Fsp3) is 0. The highest BCUT2D eigenvalue weighted by Crippen LogP contribution is 2.22. The first-order valence-electron chi connectivity index (χ1n) is 9.12. The van der Waals surface area contributed by atoms with Crippen LogP contribution in [0.1, 0.15) is 15.9 Å². The molecule has 3 aromatic rings. The zero-order chi connectivity index (χ0) is 23.1. The number of nitrogens with zero attached hydrogens (tertiary/aromatic N) is 2. The second-order valence-electron chi connectivity index (χ2n) is 6.34. The highest BCUT2D eigenvalue weighted by atomic mass is 127. The van der Waals surface area contributed by atoms with Crippen molar-refractivity contribution in [1.82, 2.24) is 0 Å². The normalized spacial score (nSPS) is 10.7. The molecule has 0 unspecified atom stereocenters. The number of nitriles is 1. The maximum atomic E-state index is 12.4. The number of anilines is 1. The molecule has 0 saturated heterocycles. The van der Waals surface area contributed by atoms with Crippen molar-refractivity contribution in [3.8, 4) is 11.8 Å². The maximum absolute atomic E-state index is 12.4. The zero-order valence-electron chi connectivity index (χ0n) is 16.3. The second-order valence-corrected chi connectivity index (χ2v) is 7.50. The van der Waals surface area contributed by atoms with E-state index in [0.717, 1.165) is 3.57 Å². The van der Waals surface area contributed by atoms with Crippen molar-refractivity contribution in [3.63, 3.8) is 0 Å². The minimum absolute atomic E-state index is 0.102. The quantitative estimate of drug-likeness (QED) is 0.0899. The van der Waals surface area contributed by atoms with Gasteiger partial charge in [0.1, 0.15) is 23.0 Å². The van der Waals surface area contributed by atoms with E-state index in [9.17, 15) is 25.0 Å². The first-order chi connectivity index (χ1) is 15.4. The van der Waals surface area contributed by atoms with Gasteiger partial charge in [-0.1, -0.05) is 36.4 Å². The smallest absolute Gasteiger partial charge is 0.350 e. The third-order valence-electron chi connectivity index (χ3n) is 4.21. The molecule has 32 heavy (non-hydrogen) atoms. The van der Waals surface area contributed by atoms with Crippen LogP contribution in [0.15, 0.2) is 78.4 Å². The molecular weight excluding hydrogens is 525 g/mol. The van der Waals surface area contributed by atoms with Crippen LogP contribution in [0.2, 0.25) is 0 Å². The summed E-state index contributed by atoms with van der Waals surface area (Å²) in [5.41, 5.74) is 0.506. The van der Waals surface area contributed by atoms with Crippen molar-refractivity contribution >= 4 is 51.9 Å². The molecule has 0 aromatic heterocycles. The number of nitro groups is 1. The highest BCUT2D eigenvalue weighted by molar-refractivity contribution is 14.1. The van der Waals surface area contributed by atoms with Crippen LogP contribution in [-0.4, -0.2) is 16.8 Å². The Hall–Kier alpha value is -4.04. The number of carbonyl (C=O) groups excluding carboxylic acids is 2. The van der Waals surface area contributed by atoms with E-state index >= 15 is 0 Å². The molecule has 0 atom stereocenters. The topological polar surface area (TPSA) is 122 Å². The average Bonchev–Trinajstić information content (AvgIpc) is 2.80. The summed E-state index contributed by atoms with van der Waals surface area (Å²) in [6, 6.07) is 20.6. The van der Waals surface area contributed by atoms with Gasteiger partial charge in [0.25, 0.3) is 11.6 Å². The third-order valence-corrected chi connectivity index (χ3v) is 5.15. The summed E-state index contributed by atoms with van der Waals surface area (Å²) < 4.78 is 6.04. The van der Waals surface area contributed by atoms with Gasteiger partial charge in [0.05, 0.1) is 10.6 Å². The molecule has 9 heteroatoms. The summed E-state index contributed by atoms with van der Waals surface area (Å²) in [6.45, 7) is 0. The van der Waals surface area contributed by atoms with Crippen molar-refractivity contribution < 1.29 is 19.2 Å². The zero-order valence-corrected chi connectivity index (χ0v) is 18.5. The van der Waals surface area contributed by atoms with Gasteiger partial charge in [-0.15, -0.1) is 0 Å². The monoisotopic (exact) mass is 539 g/mol. The Morgan fingerprint density at radius 2 is 1.69 bits per heavy atom. The van der Waals surface area contributed by atoms with E-state index in [2.05, 4.69) is 27.9 Å². The van der Waals surface area contributed by atoms with Crippen LogP contribution in [0, 0.1) is 25.0 Å². The Kier molecular flexibility index (Phi) is 7.30. The lowest BCUT2D eigenvalue weighted by molar-refractivity contribution is -0.385. The number of esters is 1. The number of benzene rings is 3. The van der Waals surface area contributed by atoms with Crippen LogP contribution in [0.25, 0.3) is 6.08 Å². The second kappa shape index (κ2) is 10.3. The summed E-state index contributed by atoms with van der Waals surface area (Å²) in [5.74, 6) is -1.26. The fourth-order valence-electron chi connectivity index (χ4n) is 2.67. The molecule has 0 fully saturated rings. The molecule has 158 valence electrons. The van der Waals surface area contributed by atoms with Crippen LogP contribution in [0.3, 0.4) is 0 Å². The van der Waals surface area contributed by atoms with Gasteiger partial charge < -0.3 is 10.1 Å². The first-order valence-corrected chi connectivity index (χ1v) is 10.2. The average molecular weight is 539 g/mol. The van der Waals surface area contributed by atoms with E-state index < -0.39 is 16.8 Å². The number of carbonyl (C=O) groups is 2. The van der Waals surface area contributed by atoms with Gasteiger partial charge in [0.15, 0.2) is 0 Å². The summed E-state index contributed by atoms with van der Waals surface area (Å²) in [7, 11) is 0. The van der Waals surface area contributed by atoms with Crippen LogP contribution in [0.5, 0.6) is 5.75 Å². The van der Waals surface area contributed by atoms with E-state index in [0.29, 0.717) is 11.3 Å². The molecule has 0 heterocycles. The van der Waals surface area contributed by atoms with Gasteiger partial charge in [-0.2, -0.15) is 5.26 Å². The molecule has 0 spiro atoms. The number of amides is 1. The first kappa shape index (κ1) is 22.6. The molecule has 1 amide bonds. The van der Waals surface area contributed by atoms with Crippen molar-refractivity contribution in [3.05, 3.63) is 103 Å². The van der Waals surface area contributed by atoms with Crippen LogP contribution >= 0.6 is 22.6 Å². The van der Waals surface area contributed by atoms with E-state index in [1.165, 1.54) is 42.5 Å². The van der Waals surface area contributed by atoms with Gasteiger partial charge in [0.2, 0.25) is 0 Å². The molecule has 0 aliphatic heterocycles. The van der Waals surface area contributed by atoms with Crippen LogP contribution in [-0.2, 0) is 4.79 Å². The van der Waals surface area contributed by atoms with E-state index in [1.807, 2.05) is 18.2 Å². The van der Waals surface area contributed by atoms with Gasteiger partial charge in [-0.05, 0) is 64.6 Å². The lowest BCUT2D eigenvalue weighted by atomic mass is 10.1. The standard InChI is InChI=1S/C23H14IN3O5/c24-19-6-2-3-7-20(19)26-22(28)16(14-25)13-15-9-11-17(12-10-15)32-23(29)18-5-1-4-8-21(18)27(30)31/h1-13H,(H,26,28)/b16-13-. The van der Waals surface area contributed by atoms with Gasteiger partial charge in [-0.25, -0.2) is 4.79 Å². The van der Waals surface area contributed by atoms with E-state index in [1.54, 1.807) is 24.3 Å². The summed E-state index contributed by atoms with van der Waals surface area (Å²) in [5, 5.41) is 23.1. The van der Waals surface area contributed by atoms with Gasteiger partial charge >= 0.3 is 5.97 Å². The fourth-order valence-corrected chi connectivity index (χ4v) is 3.19. The molecular formula is C23H14IN3O5. The summed E-state index contributed by atoms with van der Waals surface area (Å²) >= 11 is 2.08. The minimum Gasteiger partial charge on any atom is -0.423 e. The SMILES string of the molecule is N#C/C(=C/c1ccc(OC(=O)c2ccccc2[N+](=O)[O-])cc1)C(=O)Nc1ccccc1I. The van der Waals surface area contributed by atoms with Crippen molar-refractivity contribution in [2.75, 3.05) is 5.32 Å². The van der Waals surface area contributed by atoms with Crippen LogP contribution < -0.4 is 10.1 Å². The molecule has 8 nitrogen and oxygen atoms in total. The lowest BCUT2D eigenvalue weighted by Gasteiger charge is -2.07. The van der Waals surface area contributed by atoms with Crippen LogP contribution in [0.4, 0.5) is 11.4 Å². The Labute approximate surface area is 196 Å². The Balaban J connectivity index is 1.73. The number of para-hydroxylation sites is 2. The third kappa shape index (κ3) is 5.55. The Bertz CT molecular complexity index is 1260. The molecule has 0 saturated carbocycles. The number of halogens is 1. The minimum atomic E-state index is -0.866. The molecule has 1 N–H and O–H groups in total. The van der Waals surface area contributed by atoms with Crippen molar-refractivity contribution in [2.24, 2.45) is 0 Å². The molecule has 0 aliphatic carbocycles.